The summed E-state index contributed by atoms with van der Waals surface area (Å²) in [7, 11) is 0. The van der Waals surface area contributed by atoms with Crippen LogP contribution in [0.25, 0.3) is 17.9 Å². The molecule has 0 fully saturated rings. The molecule has 0 spiro atoms. The summed E-state index contributed by atoms with van der Waals surface area (Å²) in [5.41, 5.74) is 0. The fourth-order valence-electron chi connectivity index (χ4n) is 1.94. The third-order valence-corrected chi connectivity index (χ3v) is 8.89. The Morgan fingerprint density at radius 2 is 1.24 bits per heavy atom. The predicted octanol–water partition coefficient (Wildman–Crippen LogP) is 5.42. The summed E-state index contributed by atoms with van der Waals surface area (Å²) in [6.45, 7) is 9.18. The topological polar surface area (TPSA) is 0 Å². The Kier molecular flexibility index (Phi) is 2.99. The van der Waals surface area contributed by atoms with Gasteiger partial charge < -0.3 is 0 Å². The fourth-order valence-corrected chi connectivity index (χ4v) is 7.89. The van der Waals surface area contributed by atoms with E-state index in [-0.39, 0.29) is 0 Å². The molecule has 0 radical (unpaired) electrons. The summed E-state index contributed by atoms with van der Waals surface area (Å²) in [5, 5.41) is 0. The molecule has 17 heavy (non-hydrogen) atoms. The molecule has 90 valence electrons. The van der Waals surface area contributed by atoms with E-state index in [4.69, 9.17) is 0 Å². The second kappa shape index (κ2) is 4.24. The van der Waals surface area contributed by atoms with Gasteiger partial charge in [-0.2, -0.15) is 0 Å². The first kappa shape index (κ1) is 12.0. The van der Waals surface area contributed by atoms with Crippen LogP contribution in [0.4, 0.5) is 0 Å². The normalized spacial score (nSPS) is 12.6. The van der Waals surface area contributed by atoms with Gasteiger partial charge in [-0.25, -0.2) is 0 Å². The number of fused-ring (bicyclic) bond motifs is 3. The van der Waals surface area contributed by atoms with Crippen LogP contribution in [0.2, 0.25) is 0 Å². The third kappa shape index (κ3) is 1.94. The molecule has 0 nitrogen and oxygen atoms in total. The number of hydrogen-bond donors (Lipinski definition) is 0. The van der Waals surface area contributed by atoms with Gasteiger partial charge >= 0.3 is 117 Å². The number of thiophene rings is 2. The zero-order valence-corrected chi connectivity index (χ0v) is 13.9. The van der Waals surface area contributed by atoms with Crippen molar-refractivity contribution in [1.82, 2.24) is 0 Å². The molecule has 3 rings (SSSR count). The van der Waals surface area contributed by atoms with Crippen molar-refractivity contribution in [3.05, 3.63) is 21.9 Å². The van der Waals surface area contributed by atoms with Crippen LogP contribution in [-0.2, 0) is 0 Å². The van der Waals surface area contributed by atoms with Crippen molar-refractivity contribution in [2.24, 2.45) is 0 Å². The van der Waals surface area contributed by atoms with Gasteiger partial charge in [-0.3, -0.25) is 0 Å². The van der Waals surface area contributed by atoms with Crippen molar-refractivity contribution in [3.63, 3.8) is 0 Å². The quantitative estimate of drug-likeness (QED) is 0.551. The molecule has 0 aromatic carbocycles. The van der Waals surface area contributed by atoms with E-state index in [1.54, 1.807) is 27.7 Å². The Bertz CT molecular complexity index is 610. The maximum absolute atomic E-state index is 2.45. The summed E-state index contributed by atoms with van der Waals surface area (Å²) < 4.78 is 6.42. The van der Waals surface area contributed by atoms with Crippen LogP contribution < -0.4 is 0 Å². The third-order valence-electron chi connectivity index (χ3n) is 3.00. The van der Waals surface area contributed by atoms with Gasteiger partial charge in [0.25, 0.3) is 0 Å². The molecule has 0 saturated carbocycles. The SMILES string of the molecule is CC(C)c1cc2[se]c3cc(C(C)C)sc3c2s1. The molecule has 3 aromatic rings. The monoisotopic (exact) mass is 328 g/mol. The van der Waals surface area contributed by atoms with Crippen LogP contribution in [0.15, 0.2) is 12.1 Å². The summed E-state index contributed by atoms with van der Waals surface area (Å²) in [4.78, 5) is 3.11. The average Bonchev–Trinajstić information content (AvgIpc) is 2.84. The molecule has 0 aliphatic heterocycles. The van der Waals surface area contributed by atoms with Crippen LogP contribution >= 0.6 is 22.7 Å². The van der Waals surface area contributed by atoms with E-state index in [1.165, 1.54) is 0 Å². The van der Waals surface area contributed by atoms with Gasteiger partial charge in [0, 0.05) is 0 Å². The van der Waals surface area contributed by atoms with Crippen molar-refractivity contribution in [3.8, 4) is 0 Å². The zero-order valence-electron chi connectivity index (χ0n) is 10.5. The van der Waals surface area contributed by atoms with E-state index in [0.29, 0.717) is 26.3 Å². The van der Waals surface area contributed by atoms with Crippen LogP contribution in [0, 0.1) is 0 Å². The Labute approximate surface area is 116 Å². The van der Waals surface area contributed by atoms with Crippen molar-refractivity contribution in [2.75, 3.05) is 0 Å². The van der Waals surface area contributed by atoms with Gasteiger partial charge in [-0.05, 0) is 0 Å². The second-order valence-electron chi connectivity index (χ2n) is 5.10. The molecule has 3 heteroatoms. The first-order valence-corrected chi connectivity index (χ1v) is 9.36. The van der Waals surface area contributed by atoms with Gasteiger partial charge in [-0.15, -0.1) is 0 Å². The first-order chi connectivity index (χ1) is 8.06. The van der Waals surface area contributed by atoms with Crippen molar-refractivity contribution < 1.29 is 0 Å². The molecule has 0 bridgehead atoms. The van der Waals surface area contributed by atoms with E-state index in [2.05, 4.69) is 39.8 Å². The number of hydrogen-bond acceptors (Lipinski definition) is 2. The molecule has 0 aliphatic carbocycles. The van der Waals surface area contributed by atoms with Crippen LogP contribution in [0.1, 0.15) is 49.3 Å². The van der Waals surface area contributed by atoms with E-state index in [1.807, 2.05) is 22.7 Å². The Morgan fingerprint density at radius 1 is 0.824 bits per heavy atom. The van der Waals surface area contributed by atoms with E-state index < -0.39 is 0 Å². The Hall–Kier alpha value is -0.0805. The molecule has 3 aromatic heterocycles. The average molecular weight is 327 g/mol. The van der Waals surface area contributed by atoms with Crippen LogP contribution in [-0.4, -0.2) is 14.5 Å². The molecule has 0 saturated heterocycles. The zero-order chi connectivity index (χ0) is 12.2. The molecule has 3 heterocycles. The van der Waals surface area contributed by atoms with E-state index >= 15 is 0 Å². The summed E-state index contributed by atoms with van der Waals surface area (Å²) >= 11 is 4.62. The van der Waals surface area contributed by atoms with Crippen LogP contribution in [0.5, 0.6) is 0 Å². The van der Waals surface area contributed by atoms with Gasteiger partial charge in [0.1, 0.15) is 0 Å². The summed E-state index contributed by atoms with van der Waals surface area (Å²) in [5.74, 6) is 1.35. The molecule has 0 unspecified atom stereocenters. The fraction of sp³-hybridized carbons (Fsp3) is 0.429. The van der Waals surface area contributed by atoms with Gasteiger partial charge in [-0.1, -0.05) is 0 Å². The van der Waals surface area contributed by atoms with Crippen molar-refractivity contribution in [1.29, 1.82) is 0 Å². The summed E-state index contributed by atoms with van der Waals surface area (Å²) in [6, 6.07) is 4.90. The second-order valence-corrected chi connectivity index (χ2v) is 9.54. The first-order valence-electron chi connectivity index (χ1n) is 6.02. The maximum atomic E-state index is 2.45. The van der Waals surface area contributed by atoms with Gasteiger partial charge in [0.15, 0.2) is 0 Å². The van der Waals surface area contributed by atoms with Gasteiger partial charge in [0.2, 0.25) is 0 Å². The summed E-state index contributed by atoms with van der Waals surface area (Å²) in [6.07, 6.45) is 0. The molecule has 0 N–H and O–H groups in total. The number of rotatable bonds is 2. The molecule has 0 aliphatic rings. The minimum absolute atomic E-state index is 0.567. The molecule has 0 atom stereocenters. The molecular weight excluding hydrogens is 311 g/mol. The molecule has 0 amide bonds. The van der Waals surface area contributed by atoms with Crippen molar-refractivity contribution in [2.45, 2.75) is 39.5 Å². The predicted molar refractivity (Wildman–Crippen MR) is 82.3 cm³/mol. The van der Waals surface area contributed by atoms with Crippen molar-refractivity contribution >= 4 is 55.1 Å². The van der Waals surface area contributed by atoms with Crippen LogP contribution in [0.3, 0.4) is 0 Å². The Morgan fingerprint density at radius 3 is 1.59 bits per heavy atom. The molecular formula is C14H16S2Se. The van der Waals surface area contributed by atoms with E-state index in [0.717, 1.165) is 0 Å². The Balaban J connectivity index is 2.23. The van der Waals surface area contributed by atoms with E-state index in [9.17, 15) is 0 Å². The van der Waals surface area contributed by atoms with Gasteiger partial charge in [0.05, 0.1) is 0 Å². The standard InChI is InChI=1S/C14H16S2Se/c1-7(2)9-5-11-13(15-9)14-12(17-11)6-10(16-14)8(3)4/h5-8H,1-4H3. The minimum atomic E-state index is 0.567.